The fourth-order valence-electron chi connectivity index (χ4n) is 1.33. The summed E-state index contributed by atoms with van der Waals surface area (Å²) in [6.07, 6.45) is -1.19. The summed E-state index contributed by atoms with van der Waals surface area (Å²) in [6, 6.07) is 0. The summed E-state index contributed by atoms with van der Waals surface area (Å²) in [6.45, 7) is 3.98. The van der Waals surface area contributed by atoms with Crippen molar-refractivity contribution < 1.29 is 8.78 Å². The van der Waals surface area contributed by atoms with Crippen LogP contribution in [-0.2, 0) is 5.41 Å². The SMILES string of the molecule is CC(C)c1nnc(C2(C(F)F)CC2)s1. The van der Waals surface area contributed by atoms with Crippen molar-refractivity contribution >= 4 is 11.3 Å². The van der Waals surface area contributed by atoms with Crippen LogP contribution in [0.25, 0.3) is 0 Å². The Balaban J connectivity index is 2.25. The second kappa shape index (κ2) is 3.22. The van der Waals surface area contributed by atoms with Gasteiger partial charge in [-0.25, -0.2) is 8.78 Å². The summed E-state index contributed by atoms with van der Waals surface area (Å²) in [5.41, 5.74) is -0.940. The van der Waals surface area contributed by atoms with Crippen LogP contribution in [0.1, 0.15) is 42.6 Å². The standard InChI is InChI=1S/C9H12F2N2S/c1-5(2)6-12-13-8(14-6)9(3-4-9)7(10)11/h5,7H,3-4H2,1-2H3. The lowest BCUT2D eigenvalue weighted by atomic mass is 10.1. The molecular formula is C9H12F2N2S. The van der Waals surface area contributed by atoms with Gasteiger partial charge in [-0.05, 0) is 12.8 Å². The van der Waals surface area contributed by atoms with Crippen molar-refractivity contribution in [3.05, 3.63) is 10.0 Å². The average Bonchev–Trinajstić information content (AvgIpc) is 2.77. The number of nitrogens with zero attached hydrogens (tertiary/aromatic N) is 2. The summed E-state index contributed by atoms with van der Waals surface area (Å²) in [4.78, 5) is 0. The van der Waals surface area contributed by atoms with Crippen LogP contribution in [0.2, 0.25) is 0 Å². The molecule has 1 aromatic rings. The van der Waals surface area contributed by atoms with E-state index in [9.17, 15) is 8.78 Å². The van der Waals surface area contributed by atoms with Gasteiger partial charge >= 0.3 is 0 Å². The van der Waals surface area contributed by atoms with Gasteiger partial charge in [-0.1, -0.05) is 13.8 Å². The Labute approximate surface area is 85.4 Å². The normalized spacial score (nSPS) is 19.3. The van der Waals surface area contributed by atoms with Crippen molar-refractivity contribution in [2.75, 3.05) is 0 Å². The fraction of sp³-hybridized carbons (Fsp3) is 0.778. The van der Waals surface area contributed by atoms with Crippen LogP contribution in [-0.4, -0.2) is 16.6 Å². The number of hydrogen-bond acceptors (Lipinski definition) is 3. The van der Waals surface area contributed by atoms with Crippen molar-refractivity contribution in [1.29, 1.82) is 0 Å². The molecule has 5 heteroatoms. The molecule has 0 unspecified atom stereocenters. The molecule has 0 amide bonds. The van der Waals surface area contributed by atoms with E-state index in [0.29, 0.717) is 17.8 Å². The molecule has 0 atom stereocenters. The van der Waals surface area contributed by atoms with Gasteiger partial charge < -0.3 is 0 Å². The van der Waals surface area contributed by atoms with Crippen LogP contribution in [0.5, 0.6) is 0 Å². The molecule has 0 aromatic carbocycles. The monoisotopic (exact) mass is 218 g/mol. The van der Waals surface area contributed by atoms with Gasteiger partial charge in [-0.2, -0.15) is 0 Å². The van der Waals surface area contributed by atoms with Gasteiger partial charge in [0.25, 0.3) is 6.43 Å². The predicted molar refractivity (Wildman–Crippen MR) is 50.9 cm³/mol. The number of alkyl halides is 2. The molecule has 1 aliphatic carbocycles. The third kappa shape index (κ3) is 1.43. The molecule has 2 nitrogen and oxygen atoms in total. The summed E-state index contributed by atoms with van der Waals surface area (Å²) in [5.74, 6) is 0.273. The molecule has 0 spiro atoms. The van der Waals surface area contributed by atoms with E-state index in [1.807, 2.05) is 13.8 Å². The van der Waals surface area contributed by atoms with Gasteiger partial charge in [0, 0.05) is 5.92 Å². The number of aromatic nitrogens is 2. The van der Waals surface area contributed by atoms with Gasteiger partial charge in [-0.3, -0.25) is 0 Å². The molecule has 0 bridgehead atoms. The zero-order valence-corrected chi connectivity index (χ0v) is 8.94. The van der Waals surface area contributed by atoms with E-state index in [1.54, 1.807) is 0 Å². The molecule has 0 aliphatic heterocycles. The summed E-state index contributed by atoms with van der Waals surface area (Å²) in [7, 11) is 0. The Morgan fingerprint density at radius 1 is 1.29 bits per heavy atom. The quantitative estimate of drug-likeness (QED) is 0.779. The molecule has 1 heterocycles. The molecule has 14 heavy (non-hydrogen) atoms. The van der Waals surface area contributed by atoms with Crippen molar-refractivity contribution in [1.82, 2.24) is 10.2 Å². The summed E-state index contributed by atoms with van der Waals surface area (Å²) < 4.78 is 25.4. The maximum Gasteiger partial charge on any atom is 0.250 e. The molecule has 0 N–H and O–H groups in total. The van der Waals surface area contributed by atoms with Crippen LogP contribution in [0, 0.1) is 0 Å². The molecule has 1 aromatic heterocycles. The minimum atomic E-state index is -2.30. The molecule has 2 rings (SSSR count). The Morgan fingerprint density at radius 2 is 1.93 bits per heavy atom. The smallest absolute Gasteiger partial charge is 0.209 e. The number of hydrogen-bond donors (Lipinski definition) is 0. The number of halogens is 2. The number of rotatable bonds is 3. The Kier molecular flexibility index (Phi) is 2.29. The molecular weight excluding hydrogens is 206 g/mol. The van der Waals surface area contributed by atoms with Crippen LogP contribution in [0.3, 0.4) is 0 Å². The van der Waals surface area contributed by atoms with Gasteiger partial charge in [-0.15, -0.1) is 21.5 Å². The zero-order valence-electron chi connectivity index (χ0n) is 8.13. The Morgan fingerprint density at radius 3 is 2.29 bits per heavy atom. The molecule has 78 valence electrons. The molecule has 0 saturated heterocycles. The highest BCUT2D eigenvalue weighted by atomic mass is 32.1. The molecule has 0 radical (unpaired) electrons. The zero-order chi connectivity index (χ0) is 10.3. The Bertz CT molecular complexity index is 331. The predicted octanol–water partition coefficient (Wildman–Crippen LogP) is 2.96. The molecule has 1 fully saturated rings. The van der Waals surface area contributed by atoms with Gasteiger partial charge in [0.2, 0.25) is 0 Å². The van der Waals surface area contributed by atoms with E-state index in [-0.39, 0.29) is 5.92 Å². The third-order valence-corrected chi connectivity index (χ3v) is 4.01. The maximum atomic E-state index is 12.7. The van der Waals surface area contributed by atoms with E-state index in [1.165, 1.54) is 11.3 Å². The summed E-state index contributed by atoms with van der Waals surface area (Å²) >= 11 is 1.34. The fourth-order valence-corrected chi connectivity index (χ4v) is 2.42. The van der Waals surface area contributed by atoms with E-state index >= 15 is 0 Å². The largest absolute Gasteiger partial charge is 0.250 e. The van der Waals surface area contributed by atoms with Crippen molar-refractivity contribution in [3.63, 3.8) is 0 Å². The second-order valence-corrected chi connectivity index (χ2v) is 5.07. The lowest BCUT2D eigenvalue weighted by molar-refractivity contribution is 0.101. The molecule has 1 saturated carbocycles. The van der Waals surface area contributed by atoms with Gasteiger partial charge in [0.15, 0.2) is 0 Å². The topological polar surface area (TPSA) is 25.8 Å². The van der Waals surface area contributed by atoms with E-state index in [4.69, 9.17) is 0 Å². The Hall–Kier alpha value is -0.580. The van der Waals surface area contributed by atoms with Crippen molar-refractivity contribution in [3.8, 4) is 0 Å². The summed E-state index contributed by atoms with van der Waals surface area (Å²) in [5, 5.41) is 9.20. The van der Waals surface area contributed by atoms with E-state index < -0.39 is 11.8 Å². The highest BCUT2D eigenvalue weighted by Crippen LogP contribution is 2.53. The first-order valence-corrected chi connectivity index (χ1v) is 5.50. The second-order valence-electron chi connectivity index (χ2n) is 4.06. The van der Waals surface area contributed by atoms with Crippen LogP contribution in [0.15, 0.2) is 0 Å². The highest BCUT2D eigenvalue weighted by molar-refractivity contribution is 7.11. The van der Waals surface area contributed by atoms with Crippen molar-refractivity contribution in [2.24, 2.45) is 0 Å². The molecule has 1 aliphatic rings. The van der Waals surface area contributed by atoms with Crippen LogP contribution >= 0.6 is 11.3 Å². The minimum Gasteiger partial charge on any atom is -0.209 e. The van der Waals surface area contributed by atoms with E-state index in [0.717, 1.165) is 5.01 Å². The van der Waals surface area contributed by atoms with Gasteiger partial charge in [0.1, 0.15) is 10.0 Å². The lowest BCUT2D eigenvalue weighted by Crippen LogP contribution is -2.16. The van der Waals surface area contributed by atoms with Crippen LogP contribution < -0.4 is 0 Å². The maximum absolute atomic E-state index is 12.7. The van der Waals surface area contributed by atoms with Gasteiger partial charge in [0.05, 0.1) is 5.41 Å². The first-order chi connectivity index (χ1) is 6.56. The lowest BCUT2D eigenvalue weighted by Gasteiger charge is -2.08. The minimum absolute atomic E-state index is 0.273. The first-order valence-electron chi connectivity index (χ1n) is 4.68. The van der Waals surface area contributed by atoms with E-state index in [2.05, 4.69) is 10.2 Å². The third-order valence-electron chi connectivity index (χ3n) is 2.57. The van der Waals surface area contributed by atoms with Crippen LogP contribution in [0.4, 0.5) is 8.78 Å². The first kappa shape index (κ1) is 9.96. The average molecular weight is 218 g/mol. The van der Waals surface area contributed by atoms with Crippen molar-refractivity contribution in [2.45, 2.75) is 44.4 Å². The highest BCUT2D eigenvalue weighted by Gasteiger charge is 2.55.